The van der Waals surface area contributed by atoms with Gasteiger partial charge in [-0.05, 0) is 63.4 Å². The van der Waals surface area contributed by atoms with E-state index in [4.69, 9.17) is 0 Å². The van der Waals surface area contributed by atoms with Gasteiger partial charge in [-0.25, -0.2) is 4.39 Å². The number of rotatable bonds is 8. The number of halogens is 2. The number of aromatic nitrogens is 3. The van der Waals surface area contributed by atoms with E-state index < -0.39 is 0 Å². The highest BCUT2D eigenvalue weighted by Crippen LogP contribution is 2.19. The van der Waals surface area contributed by atoms with Crippen molar-refractivity contribution >= 4 is 40.8 Å². The lowest BCUT2D eigenvalue weighted by molar-refractivity contribution is 0.567. The van der Waals surface area contributed by atoms with Crippen LogP contribution in [-0.4, -0.2) is 40.4 Å². The molecule has 2 heterocycles. The molecule has 0 saturated carbocycles. The van der Waals surface area contributed by atoms with Crippen molar-refractivity contribution in [2.24, 2.45) is 4.99 Å². The predicted octanol–water partition coefficient (Wildman–Crippen LogP) is 3.93. The fourth-order valence-corrected chi connectivity index (χ4v) is 3.33. The van der Waals surface area contributed by atoms with E-state index >= 15 is 0 Å². The Balaban J connectivity index is 0.00000300. The number of H-pyrrole nitrogens is 1. The molecule has 0 aliphatic carbocycles. The van der Waals surface area contributed by atoms with Crippen LogP contribution in [-0.2, 0) is 13.0 Å². The van der Waals surface area contributed by atoms with Crippen LogP contribution >= 0.6 is 24.0 Å². The lowest BCUT2D eigenvalue weighted by Crippen LogP contribution is -2.38. The molecule has 0 saturated heterocycles. The normalized spacial score (nSPS) is 11.5. The largest absolute Gasteiger partial charge is 0.361 e. The van der Waals surface area contributed by atoms with Gasteiger partial charge in [0.05, 0.1) is 5.69 Å². The molecule has 0 fully saturated rings. The van der Waals surface area contributed by atoms with Gasteiger partial charge < -0.3 is 15.6 Å². The third-order valence-electron chi connectivity index (χ3n) is 4.66. The van der Waals surface area contributed by atoms with Crippen molar-refractivity contribution in [3.63, 3.8) is 0 Å². The van der Waals surface area contributed by atoms with Crippen LogP contribution in [0.4, 0.5) is 4.39 Å². The lowest BCUT2D eigenvalue weighted by atomic mass is 10.1. The minimum atomic E-state index is -0.209. The van der Waals surface area contributed by atoms with Crippen LogP contribution in [0.15, 0.2) is 35.5 Å². The molecule has 0 atom stereocenters. The molecule has 0 radical (unpaired) electrons. The summed E-state index contributed by atoms with van der Waals surface area (Å²) in [6.45, 7) is 9.27. The zero-order valence-corrected chi connectivity index (χ0v) is 19.6. The molecule has 29 heavy (non-hydrogen) atoms. The standard InChI is InChI=1S/C21H29FN6.HI/c1-4-23-21(24-9-5-11-28-16(3)12-15(2)27-28)25-10-8-17-14-26-20-7-6-18(22)13-19(17)20;/h6-7,12-14,26H,4-5,8-11H2,1-3H3,(H2,23,24,25);1H. The fourth-order valence-electron chi connectivity index (χ4n) is 3.33. The monoisotopic (exact) mass is 512 g/mol. The van der Waals surface area contributed by atoms with Crippen molar-refractivity contribution in [1.29, 1.82) is 0 Å². The molecule has 8 heteroatoms. The Hall–Kier alpha value is -2.10. The quantitative estimate of drug-likeness (QED) is 0.186. The highest BCUT2D eigenvalue weighted by Gasteiger charge is 2.06. The van der Waals surface area contributed by atoms with Gasteiger partial charge in [0.25, 0.3) is 0 Å². The van der Waals surface area contributed by atoms with E-state index in [1.807, 2.05) is 17.8 Å². The molecule has 0 spiro atoms. The molecule has 0 aliphatic rings. The SMILES string of the molecule is CCNC(=NCCCn1nc(C)cc1C)NCCc1c[nH]c2ccc(F)cc12.I. The second-order valence-corrected chi connectivity index (χ2v) is 6.95. The third-order valence-corrected chi connectivity index (χ3v) is 4.66. The van der Waals surface area contributed by atoms with Crippen LogP contribution in [0, 0.1) is 19.7 Å². The first kappa shape index (κ1) is 23.2. The number of benzene rings is 1. The van der Waals surface area contributed by atoms with Crippen LogP contribution in [0.3, 0.4) is 0 Å². The van der Waals surface area contributed by atoms with Gasteiger partial charge in [-0.1, -0.05) is 0 Å². The Labute approximate surface area is 188 Å². The number of aryl methyl sites for hydroxylation is 3. The summed E-state index contributed by atoms with van der Waals surface area (Å²) >= 11 is 0. The van der Waals surface area contributed by atoms with Crippen molar-refractivity contribution in [3.8, 4) is 0 Å². The molecule has 0 bridgehead atoms. The molecule has 3 rings (SSSR count). The van der Waals surface area contributed by atoms with Crippen molar-refractivity contribution in [3.05, 3.63) is 53.2 Å². The molecule has 158 valence electrons. The van der Waals surface area contributed by atoms with Gasteiger partial charge in [0, 0.05) is 49.0 Å². The molecule has 1 aromatic carbocycles. The van der Waals surface area contributed by atoms with Crippen molar-refractivity contribution < 1.29 is 4.39 Å². The van der Waals surface area contributed by atoms with E-state index in [1.165, 1.54) is 11.8 Å². The average Bonchev–Trinajstić information content (AvgIpc) is 3.20. The Kier molecular flexibility index (Phi) is 8.94. The van der Waals surface area contributed by atoms with Gasteiger partial charge in [-0.15, -0.1) is 24.0 Å². The number of nitrogens with one attached hydrogen (secondary N) is 3. The second kappa shape index (κ2) is 11.2. The predicted molar refractivity (Wildman–Crippen MR) is 128 cm³/mol. The summed E-state index contributed by atoms with van der Waals surface area (Å²) in [6, 6.07) is 6.92. The van der Waals surface area contributed by atoms with Crippen LogP contribution in [0.1, 0.15) is 30.3 Å². The van der Waals surface area contributed by atoms with Crippen molar-refractivity contribution in [1.82, 2.24) is 25.4 Å². The van der Waals surface area contributed by atoms with E-state index in [9.17, 15) is 4.39 Å². The first-order valence-corrected chi connectivity index (χ1v) is 9.85. The van der Waals surface area contributed by atoms with Gasteiger partial charge in [0.1, 0.15) is 5.82 Å². The van der Waals surface area contributed by atoms with Gasteiger partial charge in [0.2, 0.25) is 0 Å². The summed E-state index contributed by atoms with van der Waals surface area (Å²) in [5.74, 6) is 0.598. The number of aliphatic imine (C=N–C) groups is 1. The Morgan fingerprint density at radius 3 is 2.79 bits per heavy atom. The van der Waals surface area contributed by atoms with Crippen molar-refractivity contribution in [2.45, 2.75) is 40.2 Å². The molecule has 0 aliphatic heterocycles. The van der Waals surface area contributed by atoms with E-state index in [0.717, 1.165) is 67.1 Å². The number of aromatic amines is 1. The maximum Gasteiger partial charge on any atom is 0.191 e. The minimum absolute atomic E-state index is 0. The van der Waals surface area contributed by atoms with Crippen LogP contribution in [0.25, 0.3) is 10.9 Å². The van der Waals surface area contributed by atoms with Crippen molar-refractivity contribution in [2.75, 3.05) is 19.6 Å². The molecule has 2 aromatic heterocycles. The summed E-state index contributed by atoms with van der Waals surface area (Å²) in [5.41, 5.74) is 4.29. The third kappa shape index (κ3) is 6.45. The number of guanidine groups is 1. The van der Waals surface area contributed by atoms with Gasteiger partial charge in [-0.2, -0.15) is 5.10 Å². The number of nitrogens with zero attached hydrogens (tertiary/aromatic N) is 3. The van der Waals surface area contributed by atoms with E-state index in [-0.39, 0.29) is 29.8 Å². The second-order valence-electron chi connectivity index (χ2n) is 6.95. The van der Waals surface area contributed by atoms with Gasteiger partial charge in [-0.3, -0.25) is 9.67 Å². The van der Waals surface area contributed by atoms with Crippen LogP contribution < -0.4 is 10.6 Å². The Morgan fingerprint density at radius 1 is 1.24 bits per heavy atom. The first-order valence-electron chi connectivity index (χ1n) is 9.85. The lowest BCUT2D eigenvalue weighted by Gasteiger charge is -2.11. The zero-order valence-electron chi connectivity index (χ0n) is 17.3. The van der Waals surface area contributed by atoms with E-state index in [1.54, 1.807) is 12.1 Å². The molecule has 0 amide bonds. The zero-order chi connectivity index (χ0) is 19.9. The maximum absolute atomic E-state index is 13.5. The molecular formula is C21H30FIN6. The minimum Gasteiger partial charge on any atom is -0.361 e. The van der Waals surface area contributed by atoms with Gasteiger partial charge >= 0.3 is 0 Å². The van der Waals surface area contributed by atoms with E-state index in [0.29, 0.717) is 0 Å². The number of hydrogen-bond acceptors (Lipinski definition) is 2. The molecular weight excluding hydrogens is 482 g/mol. The van der Waals surface area contributed by atoms with Crippen LogP contribution in [0.2, 0.25) is 0 Å². The van der Waals surface area contributed by atoms with E-state index in [2.05, 4.69) is 45.6 Å². The van der Waals surface area contributed by atoms with Crippen LogP contribution in [0.5, 0.6) is 0 Å². The molecule has 3 N–H and O–H groups in total. The molecule has 0 unspecified atom stereocenters. The summed E-state index contributed by atoms with van der Waals surface area (Å²) in [7, 11) is 0. The summed E-state index contributed by atoms with van der Waals surface area (Å²) < 4.78 is 15.5. The average molecular weight is 512 g/mol. The first-order chi connectivity index (χ1) is 13.6. The Bertz CT molecular complexity index is 946. The van der Waals surface area contributed by atoms with Gasteiger partial charge in [0.15, 0.2) is 5.96 Å². The highest BCUT2D eigenvalue weighted by molar-refractivity contribution is 14.0. The smallest absolute Gasteiger partial charge is 0.191 e. The fraction of sp³-hybridized carbons (Fsp3) is 0.429. The summed E-state index contributed by atoms with van der Waals surface area (Å²) in [5, 5.41) is 12.1. The highest BCUT2D eigenvalue weighted by atomic mass is 127. The topological polar surface area (TPSA) is 70.0 Å². The summed E-state index contributed by atoms with van der Waals surface area (Å²) in [4.78, 5) is 7.84. The number of hydrogen-bond donors (Lipinski definition) is 3. The maximum atomic E-state index is 13.5. The summed E-state index contributed by atoms with van der Waals surface area (Å²) in [6.07, 6.45) is 3.67. The Morgan fingerprint density at radius 2 is 2.07 bits per heavy atom. The molecule has 3 aromatic rings. The number of fused-ring (bicyclic) bond motifs is 1. The molecule has 6 nitrogen and oxygen atoms in total.